The number of sulfonamides is 1. The molecule has 0 atom stereocenters. The van der Waals surface area contributed by atoms with Gasteiger partial charge in [0.2, 0.25) is 15.9 Å². The second kappa shape index (κ2) is 10.9. The van der Waals surface area contributed by atoms with Crippen LogP contribution in [0.3, 0.4) is 0 Å². The highest BCUT2D eigenvalue weighted by atomic mass is 35.5. The second-order valence-corrected chi connectivity index (χ2v) is 11.0. The summed E-state index contributed by atoms with van der Waals surface area (Å²) in [5.41, 5.74) is 0.276. The number of hydrogen-bond donors (Lipinski definition) is 2. The van der Waals surface area contributed by atoms with E-state index in [1.54, 1.807) is 45.0 Å². The number of amides is 1. The Morgan fingerprint density at radius 1 is 1.08 bits per heavy atom. The zero-order valence-corrected chi connectivity index (χ0v) is 21.9. The Hall–Kier alpha value is -3.12. The van der Waals surface area contributed by atoms with Gasteiger partial charge in [-0.1, -0.05) is 47.5 Å². The smallest absolute Gasteiger partial charge is 0.435 e. The third-order valence-electron chi connectivity index (χ3n) is 4.55. The topological polar surface area (TPSA) is 143 Å². The van der Waals surface area contributed by atoms with Gasteiger partial charge in [0, 0.05) is 16.3 Å². The van der Waals surface area contributed by atoms with Crippen molar-refractivity contribution in [3.63, 3.8) is 0 Å². The largest absolute Gasteiger partial charge is 0.471 e. The molecule has 0 aliphatic carbocycles. The fourth-order valence-corrected chi connectivity index (χ4v) is 4.19. The number of ether oxygens (including phenoxy) is 2. The standard InChI is InChI=1S/C23H24Cl2N4O6S/c1-23(2,3)35-22(31)29-12-18(25)21(28-29)34-13-15-8-9-16(11-19(15)36(26,32)33)27-20(30)10-14-6-4-5-7-17(14)24/h4-9,11-12H,10,13H2,1-3H3,(H,27,30)(H2,26,32,33). The van der Waals surface area contributed by atoms with Gasteiger partial charge in [0.1, 0.15) is 17.2 Å². The monoisotopic (exact) mass is 554 g/mol. The number of anilines is 1. The van der Waals surface area contributed by atoms with E-state index in [-0.39, 0.29) is 40.1 Å². The molecular weight excluding hydrogens is 531 g/mol. The van der Waals surface area contributed by atoms with E-state index < -0.39 is 27.6 Å². The molecule has 0 fully saturated rings. The number of nitrogens with two attached hydrogens (primary N) is 1. The van der Waals surface area contributed by atoms with E-state index in [0.717, 1.165) is 4.68 Å². The number of rotatable bonds is 7. The van der Waals surface area contributed by atoms with Crippen LogP contribution in [-0.4, -0.2) is 35.8 Å². The minimum absolute atomic E-state index is 0.00590. The number of carbonyl (C=O) groups excluding carboxylic acids is 2. The van der Waals surface area contributed by atoms with Crippen molar-refractivity contribution in [1.82, 2.24) is 9.78 Å². The molecule has 0 saturated carbocycles. The molecular formula is C23H24Cl2N4O6S. The maximum absolute atomic E-state index is 12.4. The lowest BCUT2D eigenvalue weighted by molar-refractivity contribution is -0.115. The summed E-state index contributed by atoms with van der Waals surface area (Å²) in [5, 5.41) is 12.4. The van der Waals surface area contributed by atoms with E-state index in [4.69, 9.17) is 37.8 Å². The average Bonchev–Trinajstić information content (AvgIpc) is 3.13. The van der Waals surface area contributed by atoms with Crippen LogP contribution in [0.5, 0.6) is 5.88 Å². The molecule has 0 aliphatic rings. The SMILES string of the molecule is CC(C)(C)OC(=O)n1cc(Cl)c(OCc2ccc(NC(=O)Cc3ccccc3Cl)cc2S(N)(=O)=O)n1. The Morgan fingerprint density at radius 2 is 1.78 bits per heavy atom. The predicted molar refractivity (Wildman–Crippen MR) is 135 cm³/mol. The van der Waals surface area contributed by atoms with Crippen molar-refractivity contribution in [2.24, 2.45) is 5.14 Å². The van der Waals surface area contributed by atoms with E-state index in [0.29, 0.717) is 10.6 Å². The van der Waals surface area contributed by atoms with E-state index in [2.05, 4.69) is 10.4 Å². The molecule has 10 nitrogen and oxygen atoms in total. The highest BCUT2D eigenvalue weighted by Gasteiger charge is 2.22. The Morgan fingerprint density at radius 3 is 2.42 bits per heavy atom. The lowest BCUT2D eigenvalue weighted by Gasteiger charge is -2.18. The van der Waals surface area contributed by atoms with Crippen molar-refractivity contribution in [2.75, 3.05) is 5.32 Å². The molecule has 0 saturated heterocycles. The number of primary sulfonamides is 1. The van der Waals surface area contributed by atoms with Gasteiger partial charge in [-0.2, -0.15) is 4.68 Å². The molecule has 36 heavy (non-hydrogen) atoms. The van der Waals surface area contributed by atoms with Crippen LogP contribution >= 0.6 is 23.2 Å². The fourth-order valence-electron chi connectivity index (χ4n) is 3.02. The van der Waals surface area contributed by atoms with E-state index in [1.165, 1.54) is 24.4 Å². The summed E-state index contributed by atoms with van der Waals surface area (Å²) in [4.78, 5) is 24.3. The Bertz CT molecular complexity index is 1400. The summed E-state index contributed by atoms with van der Waals surface area (Å²) in [6.07, 6.45) is 0.443. The summed E-state index contributed by atoms with van der Waals surface area (Å²) < 4.78 is 36.1. The van der Waals surface area contributed by atoms with Gasteiger partial charge < -0.3 is 14.8 Å². The van der Waals surface area contributed by atoms with Crippen LogP contribution in [-0.2, 0) is 32.6 Å². The molecule has 0 spiro atoms. The summed E-state index contributed by atoms with van der Waals surface area (Å²) in [5.74, 6) is -0.507. The summed E-state index contributed by atoms with van der Waals surface area (Å²) in [6, 6.07) is 11.0. The van der Waals surface area contributed by atoms with Crippen LogP contribution in [0.25, 0.3) is 0 Å². The van der Waals surface area contributed by atoms with Gasteiger partial charge in [0.25, 0.3) is 5.88 Å². The molecule has 0 radical (unpaired) electrons. The molecule has 1 amide bonds. The first-order valence-corrected chi connectivity index (χ1v) is 12.8. The van der Waals surface area contributed by atoms with Gasteiger partial charge in [-0.15, -0.1) is 5.10 Å². The van der Waals surface area contributed by atoms with Gasteiger partial charge in [-0.05, 0) is 44.5 Å². The van der Waals surface area contributed by atoms with Crippen molar-refractivity contribution in [3.05, 3.63) is 69.8 Å². The zero-order valence-electron chi connectivity index (χ0n) is 19.6. The minimum atomic E-state index is -4.19. The first-order valence-electron chi connectivity index (χ1n) is 10.5. The van der Waals surface area contributed by atoms with Gasteiger partial charge in [-0.25, -0.2) is 18.4 Å². The van der Waals surface area contributed by atoms with E-state index >= 15 is 0 Å². The third kappa shape index (κ3) is 7.44. The predicted octanol–water partition coefficient (Wildman–Crippen LogP) is 4.38. The third-order valence-corrected chi connectivity index (χ3v) is 6.17. The Labute approximate surface area is 218 Å². The normalized spacial score (nSPS) is 11.7. The maximum Gasteiger partial charge on any atom is 0.435 e. The zero-order chi connectivity index (χ0) is 26.7. The average molecular weight is 555 g/mol. The van der Waals surface area contributed by atoms with Gasteiger partial charge >= 0.3 is 6.09 Å². The van der Waals surface area contributed by atoms with Gasteiger partial charge in [0.15, 0.2) is 0 Å². The lowest BCUT2D eigenvalue weighted by atomic mass is 10.1. The quantitative estimate of drug-likeness (QED) is 0.441. The first-order chi connectivity index (χ1) is 16.7. The summed E-state index contributed by atoms with van der Waals surface area (Å²) >= 11 is 12.2. The second-order valence-electron chi connectivity index (χ2n) is 8.68. The molecule has 3 N–H and O–H groups in total. The van der Waals surface area contributed by atoms with Crippen molar-refractivity contribution in [2.45, 2.75) is 44.3 Å². The van der Waals surface area contributed by atoms with Crippen LogP contribution < -0.4 is 15.2 Å². The maximum atomic E-state index is 12.4. The molecule has 0 bridgehead atoms. The van der Waals surface area contributed by atoms with Crippen molar-refractivity contribution >= 4 is 50.9 Å². The number of nitrogens with zero attached hydrogens (tertiary/aromatic N) is 2. The number of carbonyl (C=O) groups is 2. The number of halogens is 2. The molecule has 0 unspecified atom stereocenters. The highest BCUT2D eigenvalue weighted by molar-refractivity contribution is 7.89. The summed E-state index contributed by atoms with van der Waals surface area (Å²) in [7, 11) is -4.19. The molecule has 3 rings (SSSR count). The van der Waals surface area contributed by atoms with E-state index in [9.17, 15) is 18.0 Å². The number of benzene rings is 2. The molecule has 0 aliphatic heterocycles. The molecule has 1 aromatic heterocycles. The minimum Gasteiger partial charge on any atom is -0.471 e. The first kappa shape index (κ1) is 27.5. The van der Waals surface area contributed by atoms with Gasteiger partial charge in [0.05, 0.1) is 17.5 Å². The van der Waals surface area contributed by atoms with E-state index in [1.807, 2.05) is 0 Å². The molecule has 3 aromatic rings. The van der Waals surface area contributed by atoms with Crippen LogP contribution in [0.2, 0.25) is 10.0 Å². The number of aromatic nitrogens is 2. The van der Waals surface area contributed by atoms with Crippen LogP contribution in [0, 0.1) is 0 Å². The highest BCUT2D eigenvalue weighted by Crippen LogP contribution is 2.26. The number of hydrogen-bond acceptors (Lipinski definition) is 7. The molecule has 13 heteroatoms. The fraction of sp³-hybridized carbons (Fsp3) is 0.261. The Balaban J connectivity index is 1.75. The van der Waals surface area contributed by atoms with Crippen molar-refractivity contribution in [3.8, 4) is 5.88 Å². The lowest BCUT2D eigenvalue weighted by Crippen LogP contribution is -2.27. The Kier molecular flexibility index (Phi) is 8.29. The molecule has 1 heterocycles. The number of nitrogens with one attached hydrogen (secondary N) is 1. The molecule has 2 aromatic carbocycles. The van der Waals surface area contributed by atoms with Gasteiger partial charge in [-0.3, -0.25) is 4.79 Å². The van der Waals surface area contributed by atoms with Crippen LogP contribution in [0.1, 0.15) is 31.9 Å². The van der Waals surface area contributed by atoms with Crippen molar-refractivity contribution in [1.29, 1.82) is 0 Å². The van der Waals surface area contributed by atoms with Crippen LogP contribution in [0.15, 0.2) is 53.6 Å². The van der Waals surface area contributed by atoms with Crippen molar-refractivity contribution < 1.29 is 27.5 Å². The summed E-state index contributed by atoms with van der Waals surface area (Å²) in [6.45, 7) is 4.81. The van der Waals surface area contributed by atoms with Crippen LogP contribution in [0.4, 0.5) is 10.5 Å². The molecule has 192 valence electrons.